The van der Waals surface area contributed by atoms with Gasteiger partial charge in [-0.2, -0.15) is 0 Å². The van der Waals surface area contributed by atoms with Crippen molar-refractivity contribution >= 4 is 17.9 Å². The quantitative estimate of drug-likeness (QED) is 0.653. The Hall–Kier alpha value is -2.63. The smallest absolute Gasteiger partial charge is 0.407 e. The first kappa shape index (κ1) is 16.2. The normalized spacial score (nSPS) is 25.5. The fourth-order valence-corrected chi connectivity index (χ4v) is 3.28. The van der Waals surface area contributed by atoms with Crippen LogP contribution in [0.3, 0.4) is 0 Å². The molecule has 1 heterocycles. The average Bonchev–Trinajstić information content (AvgIpc) is 2.88. The van der Waals surface area contributed by atoms with Crippen molar-refractivity contribution in [2.75, 3.05) is 0 Å². The Morgan fingerprint density at radius 2 is 2.00 bits per heavy atom. The minimum atomic E-state index is -0.594. The minimum Gasteiger partial charge on any atom is -0.445 e. The van der Waals surface area contributed by atoms with Crippen LogP contribution in [0.25, 0.3) is 0 Å². The van der Waals surface area contributed by atoms with Gasteiger partial charge in [0.05, 0.1) is 17.9 Å². The Morgan fingerprint density at radius 1 is 1.25 bits per heavy atom. The first-order chi connectivity index (χ1) is 11.6. The molecule has 0 saturated carbocycles. The van der Waals surface area contributed by atoms with Gasteiger partial charge in [-0.3, -0.25) is 14.9 Å². The number of rotatable bonds is 4. The van der Waals surface area contributed by atoms with Gasteiger partial charge in [-0.15, -0.1) is 0 Å². The van der Waals surface area contributed by atoms with Crippen LogP contribution < -0.4 is 10.6 Å². The fraction of sp³-hybridized carbons (Fsp3) is 0.389. The highest BCUT2D eigenvalue weighted by Crippen LogP contribution is 2.35. The Morgan fingerprint density at radius 3 is 2.71 bits per heavy atom. The molecule has 24 heavy (non-hydrogen) atoms. The van der Waals surface area contributed by atoms with E-state index in [1.165, 1.54) is 0 Å². The van der Waals surface area contributed by atoms with Gasteiger partial charge in [0, 0.05) is 0 Å². The number of nitrogens with one attached hydrogen (secondary N) is 2. The maximum atomic E-state index is 12.1. The number of imide groups is 1. The van der Waals surface area contributed by atoms with Crippen molar-refractivity contribution in [3.8, 4) is 0 Å². The summed E-state index contributed by atoms with van der Waals surface area (Å²) in [4.78, 5) is 36.0. The molecule has 1 aromatic rings. The minimum absolute atomic E-state index is 0.156. The van der Waals surface area contributed by atoms with E-state index in [9.17, 15) is 14.4 Å². The lowest BCUT2D eigenvalue weighted by Gasteiger charge is -2.29. The average molecular weight is 328 g/mol. The van der Waals surface area contributed by atoms with E-state index in [0.29, 0.717) is 6.42 Å². The highest BCUT2D eigenvalue weighted by Gasteiger charge is 2.48. The molecule has 3 amide bonds. The highest BCUT2D eigenvalue weighted by molar-refractivity contribution is 6.06. The Kier molecular flexibility index (Phi) is 4.64. The molecule has 0 spiro atoms. The van der Waals surface area contributed by atoms with E-state index in [0.717, 1.165) is 17.6 Å². The predicted molar refractivity (Wildman–Crippen MR) is 86.7 cm³/mol. The number of carbonyl (C=O) groups excluding carboxylic acids is 3. The standard InChI is InChI=1S/C18H20N2O4/c1-2-11-8-13-15(17(22)20-16(13)21)14(9-11)19-18(23)24-10-12-6-4-3-5-7-12/h3-7,9,13-15H,2,8,10H2,1H3,(H,19,23)(H,20,21,22)/t13-,14+,15-/m1/s1. The molecular formula is C18H20N2O4. The number of allylic oxidation sites excluding steroid dienone is 1. The topological polar surface area (TPSA) is 84.5 Å². The van der Waals surface area contributed by atoms with Gasteiger partial charge in [0.1, 0.15) is 6.61 Å². The zero-order valence-electron chi connectivity index (χ0n) is 13.5. The molecule has 1 aliphatic heterocycles. The van der Waals surface area contributed by atoms with E-state index in [1.807, 2.05) is 43.3 Å². The zero-order chi connectivity index (χ0) is 17.1. The summed E-state index contributed by atoms with van der Waals surface area (Å²) >= 11 is 0. The van der Waals surface area contributed by atoms with E-state index in [4.69, 9.17) is 4.74 Å². The first-order valence-corrected chi connectivity index (χ1v) is 8.10. The van der Waals surface area contributed by atoms with Crippen LogP contribution in [0.4, 0.5) is 4.79 Å². The maximum absolute atomic E-state index is 12.1. The molecule has 1 fully saturated rings. The largest absolute Gasteiger partial charge is 0.445 e. The predicted octanol–water partition coefficient (Wildman–Crippen LogP) is 1.91. The summed E-state index contributed by atoms with van der Waals surface area (Å²) in [5.74, 6) is -1.55. The molecule has 1 saturated heterocycles. The number of hydrogen-bond donors (Lipinski definition) is 2. The second-order valence-electron chi connectivity index (χ2n) is 6.10. The molecule has 0 unspecified atom stereocenters. The lowest BCUT2D eigenvalue weighted by molar-refractivity contribution is -0.126. The molecule has 3 rings (SSSR count). The SMILES string of the molecule is CCC1=C[C@H](NC(=O)OCc2ccccc2)[C@@H]2C(=O)NC(=O)[C@@H]2C1. The summed E-state index contributed by atoms with van der Waals surface area (Å²) in [6, 6.07) is 8.83. The van der Waals surface area contributed by atoms with Gasteiger partial charge in [0.15, 0.2) is 0 Å². The van der Waals surface area contributed by atoms with Crippen LogP contribution in [0.15, 0.2) is 42.0 Å². The third-order valence-electron chi connectivity index (χ3n) is 4.56. The van der Waals surface area contributed by atoms with Gasteiger partial charge >= 0.3 is 6.09 Å². The second-order valence-corrected chi connectivity index (χ2v) is 6.10. The first-order valence-electron chi connectivity index (χ1n) is 8.10. The maximum Gasteiger partial charge on any atom is 0.407 e. The Bertz CT molecular complexity index is 684. The van der Waals surface area contributed by atoms with Gasteiger partial charge in [0.25, 0.3) is 0 Å². The zero-order valence-corrected chi connectivity index (χ0v) is 13.5. The molecule has 1 aliphatic carbocycles. The third-order valence-corrected chi connectivity index (χ3v) is 4.56. The lowest BCUT2D eigenvalue weighted by Crippen LogP contribution is -2.46. The van der Waals surface area contributed by atoms with Gasteiger partial charge < -0.3 is 10.1 Å². The number of alkyl carbamates (subject to hydrolysis) is 1. The fourth-order valence-electron chi connectivity index (χ4n) is 3.28. The Labute approximate surface area is 140 Å². The number of benzene rings is 1. The molecular weight excluding hydrogens is 308 g/mol. The number of carbonyl (C=O) groups is 3. The van der Waals surface area contributed by atoms with Crippen LogP contribution in [0.1, 0.15) is 25.3 Å². The van der Waals surface area contributed by atoms with Crippen molar-refractivity contribution in [2.24, 2.45) is 11.8 Å². The Balaban J connectivity index is 1.66. The van der Waals surface area contributed by atoms with Crippen molar-refractivity contribution in [2.45, 2.75) is 32.4 Å². The van der Waals surface area contributed by atoms with Crippen LogP contribution in [0.2, 0.25) is 0 Å². The van der Waals surface area contributed by atoms with Crippen LogP contribution >= 0.6 is 0 Å². The molecule has 3 atom stereocenters. The molecule has 1 aromatic carbocycles. The van der Waals surface area contributed by atoms with Crippen molar-refractivity contribution in [1.82, 2.24) is 10.6 Å². The highest BCUT2D eigenvalue weighted by atomic mass is 16.5. The van der Waals surface area contributed by atoms with Crippen LogP contribution in [0.5, 0.6) is 0 Å². The molecule has 2 N–H and O–H groups in total. The van der Waals surface area contributed by atoms with Crippen molar-refractivity contribution < 1.29 is 19.1 Å². The van der Waals surface area contributed by atoms with E-state index in [2.05, 4.69) is 10.6 Å². The van der Waals surface area contributed by atoms with Crippen molar-refractivity contribution in [3.05, 3.63) is 47.5 Å². The van der Waals surface area contributed by atoms with Crippen molar-refractivity contribution in [1.29, 1.82) is 0 Å². The summed E-state index contributed by atoms with van der Waals surface area (Å²) in [5.41, 5.74) is 1.95. The summed E-state index contributed by atoms with van der Waals surface area (Å²) in [7, 11) is 0. The van der Waals surface area contributed by atoms with Gasteiger partial charge in [-0.25, -0.2) is 4.79 Å². The van der Waals surface area contributed by atoms with E-state index < -0.39 is 24.0 Å². The second kappa shape index (κ2) is 6.86. The third kappa shape index (κ3) is 3.32. The molecule has 0 radical (unpaired) electrons. The van der Waals surface area contributed by atoms with Crippen LogP contribution in [-0.2, 0) is 20.9 Å². The molecule has 6 nitrogen and oxygen atoms in total. The monoisotopic (exact) mass is 328 g/mol. The summed E-state index contributed by atoms with van der Waals surface area (Å²) in [5, 5.41) is 5.09. The summed E-state index contributed by atoms with van der Waals surface area (Å²) in [6.45, 7) is 2.15. The molecule has 2 aliphatic rings. The number of amides is 3. The summed E-state index contributed by atoms with van der Waals surface area (Å²) < 4.78 is 5.21. The molecule has 0 bridgehead atoms. The van der Waals surface area contributed by atoms with Crippen LogP contribution in [-0.4, -0.2) is 23.9 Å². The van der Waals surface area contributed by atoms with E-state index >= 15 is 0 Å². The van der Waals surface area contributed by atoms with Crippen molar-refractivity contribution in [3.63, 3.8) is 0 Å². The van der Waals surface area contributed by atoms with E-state index in [-0.39, 0.29) is 18.4 Å². The number of hydrogen-bond acceptors (Lipinski definition) is 4. The van der Waals surface area contributed by atoms with E-state index in [1.54, 1.807) is 0 Å². The van der Waals surface area contributed by atoms with Gasteiger partial charge in [-0.05, 0) is 18.4 Å². The lowest BCUT2D eigenvalue weighted by atomic mass is 9.77. The van der Waals surface area contributed by atoms with Gasteiger partial charge in [-0.1, -0.05) is 48.9 Å². The summed E-state index contributed by atoms with van der Waals surface area (Å²) in [6.07, 6.45) is 2.63. The molecule has 6 heteroatoms. The van der Waals surface area contributed by atoms with Gasteiger partial charge in [0.2, 0.25) is 11.8 Å². The molecule has 126 valence electrons. The van der Waals surface area contributed by atoms with Crippen LogP contribution in [0, 0.1) is 11.8 Å². The molecule has 0 aromatic heterocycles. The number of ether oxygens (including phenoxy) is 1. The number of fused-ring (bicyclic) bond motifs is 1.